The van der Waals surface area contributed by atoms with Gasteiger partial charge in [0.1, 0.15) is 16.8 Å². The minimum absolute atomic E-state index is 0.343. The number of allylic oxidation sites excluding steroid dienone is 1. The molecular weight excluding hydrogens is 354 g/mol. The zero-order chi connectivity index (χ0) is 20.5. The van der Waals surface area contributed by atoms with Crippen molar-refractivity contribution >= 4 is 17.7 Å². The van der Waals surface area contributed by atoms with Crippen LogP contribution in [0.2, 0.25) is 0 Å². The van der Waals surface area contributed by atoms with Crippen LogP contribution in [0, 0.1) is 0 Å². The Morgan fingerprint density at radius 2 is 1.89 bits per heavy atom. The van der Waals surface area contributed by atoms with Gasteiger partial charge < -0.3 is 9.47 Å². The number of imide groups is 1. The lowest BCUT2D eigenvalue weighted by Crippen LogP contribution is -2.45. The van der Waals surface area contributed by atoms with Crippen LogP contribution < -0.4 is 9.64 Å². The molecule has 2 aromatic carbocycles. The second-order valence-corrected chi connectivity index (χ2v) is 7.77. The van der Waals surface area contributed by atoms with E-state index < -0.39 is 17.1 Å². The number of fused-ring (bicyclic) bond motifs is 1. The average molecular weight is 379 g/mol. The van der Waals surface area contributed by atoms with Crippen LogP contribution in [0.4, 0.5) is 10.5 Å². The molecule has 5 heteroatoms. The molecule has 0 saturated carbocycles. The van der Waals surface area contributed by atoms with Gasteiger partial charge in [-0.1, -0.05) is 36.4 Å². The van der Waals surface area contributed by atoms with Gasteiger partial charge in [-0.3, -0.25) is 4.79 Å². The summed E-state index contributed by atoms with van der Waals surface area (Å²) in [7, 11) is 1.58. The minimum Gasteiger partial charge on any atom is -0.497 e. The summed E-state index contributed by atoms with van der Waals surface area (Å²) < 4.78 is 10.9. The van der Waals surface area contributed by atoms with Crippen molar-refractivity contribution in [2.75, 3.05) is 12.0 Å². The summed E-state index contributed by atoms with van der Waals surface area (Å²) in [4.78, 5) is 27.8. The molecule has 28 heavy (non-hydrogen) atoms. The van der Waals surface area contributed by atoms with Gasteiger partial charge in [0.2, 0.25) is 0 Å². The molecule has 0 N–H and O–H groups in total. The molecule has 1 aliphatic heterocycles. The van der Waals surface area contributed by atoms with Gasteiger partial charge in [-0.15, -0.1) is 6.58 Å². The van der Waals surface area contributed by atoms with Gasteiger partial charge in [0.15, 0.2) is 0 Å². The highest BCUT2D eigenvalue weighted by Gasteiger charge is 2.54. The van der Waals surface area contributed by atoms with E-state index in [0.29, 0.717) is 17.9 Å². The molecular formula is C23H25NO4. The zero-order valence-corrected chi connectivity index (χ0v) is 16.7. The van der Waals surface area contributed by atoms with Crippen LogP contribution in [-0.2, 0) is 14.9 Å². The van der Waals surface area contributed by atoms with Gasteiger partial charge >= 0.3 is 6.09 Å². The number of benzene rings is 2. The molecule has 0 saturated heterocycles. The zero-order valence-electron chi connectivity index (χ0n) is 16.7. The predicted molar refractivity (Wildman–Crippen MR) is 109 cm³/mol. The van der Waals surface area contributed by atoms with E-state index in [1.54, 1.807) is 46.1 Å². The lowest BCUT2D eigenvalue weighted by atomic mass is 9.73. The molecule has 1 heterocycles. The molecule has 0 radical (unpaired) electrons. The number of ether oxygens (including phenoxy) is 2. The van der Waals surface area contributed by atoms with Crippen molar-refractivity contribution in [3.05, 3.63) is 72.3 Å². The van der Waals surface area contributed by atoms with E-state index in [1.165, 1.54) is 0 Å². The Hall–Kier alpha value is -3.08. The monoisotopic (exact) mass is 379 g/mol. The molecule has 2 amide bonds. The summed E-state index contributed by atoms with van der Waals surface area (Å²) in [6.45, 7) is 9.18. The predicted octanol–water partition coefficient (Wildman–Crippen LogP) is 4.84. The summed E-state index contributed by atoms with van der Waals surface area (Å²) in [6.07, 6.45) is 1.36. The Labute approximate surface area is 165 Å². The highest BCUT2D eigenvalue weighted by Crippen LogP contribution is 2.49. The lowest BCUT2D eigenvalue weighted by Gasteiger charge is -2.29. The fraction of sp³-hybridized carbons (Fsp3) is 0.304. The average Bonchev–Trinajstić information content (AvgIpc) is 2.90. The molecule has 0 aromatic heterocycles. The summed E-state index contributed by atoms with van der Waals surface area (Å²) in [5.41, 5.74) is 0.246. The first-order chi connectivity index (χ1) is 13.2. The normalized spacial score (nSPS) is 18.6. The number of anilines is 1. The number of nitrogens with zero attached hydrogens (tertiary/aromatic N) is 1. The van der Waals surface area contributed by atoms with Gasteiger partial charge in [-0.2, -0.15) is 0 Å². The molecule has 0 fully saturated rings. The number of amides is 2. The van der Waals surface area contributed by atoms with Crippen molar-refractivity contribution in [3.8, 4) is 5.75 Å². The number of rotatable bonds is 4. The number of carbonyl (C=O) groups excluding carboxylic acids is 2. The molecule has 3 rings (SSSR count). The maximum Gasteiger partial charge on any atom is 0.421 e. The molecule has 0 spiro atoms. The van der Waals surface area contributed by atoms with Gasteiger partial charge in [0, 0.05) is 0 Å². The summed E-state index contributed by atoms with van der Waals surface area (Å²) >= 11 is 0. The molecule has 0 aliphatic carbocycles. The summed E-state index contributed by atoms with van der Waals surface area (Å²) in [6, 6.07) is 14.7. The Bertz CT molecular complexity index is 928. The highest BCUT2D eigenvalue weighted by atomic mass is 16.6. The molecule has 0 bridgehead atoms. The van der Waals surface area contributed by atoms with E-state index in [1.807, 2.05) is 36.4 Å². The van der Waals surface area contributed by atoms with Gasteiger partial charge in [0.25, 0.3) is 5.91 Å². The van der Waals surface area contributed by atoms with E-state index in [9.17, 15) is 9.59 Å². The van der Waals surface area contributed by atoms with Crippen molar-refractivity contribution in [2.45, 2.75) is 38.2 Å². The maximum atomic E-state index is 13.7. The smallest absolute Gasteiger partial charge is 0.421 e. The quantitative estimate of drug-likeness (QED) is 0.714. The van der Waals surface area contributed by atoms with Crippen molar-refractivity contribution < 1.29 is 19.1 Å². The Morgan fingerprint density at radius 3 is 2.54 bits per heavy atom. The SMILES string of the molecule is C=CC[C@]1(c2cccc(OC)c2)C(=O)N(C(=O)OC(C)(C)C)c2ccccc21. The van der Waals surface area contributed by atoms with Crippen LogP contribution in [-0.4, -0.2) is 24.7 Å². The van der Waals surface area contributed by atoms with Crippen LogP contribution in [0.1, 0.15) is 38.3 Å². The first kappa shape index (κ1) is 19.7. The van der Waals surface area contributed by atoms with Crippen LogP contribution in [0.3, 0.4) is 0 Å². The molecule has 0 unspecified atom stereocenters. The van der Waals surface area contributed by atoms with E-state index >= 15 is 0 Å². The number of para-hydroxylation sites is 1. The van der Waals surface area contributed by atoms with Crippen LogP contribution in [0.15, 0.2) is 61.2 Å². The molecule has 146 valence electrons. The molecule has 1 atom stereocenters. The number of hydrogen-bond donors (Lipinski definition) is 0. The first-order valence-electron chi connectivity index (χ1n) is 9.17. The first-order valence-corrected chi connectivity index (χ1v) is 9.17. The minimum atomic E-state index is -1.07. The van der Waals surface area contributed by atoms with Crippen molar-refractivity contribution in [1.82, 2.24) is 0 Å². The third-order valence-corrected chi connectivity index (χ3v) is 4.76. The second kappa shape index (κ2) is 7.15. The largest absolute Gasteiger partial charge is 0.497 e. The standard InChI is InChI=1S/C23H25NO4/c1-6-14-23(16-10-9-11-17(15-16)27-5)18-12-7-8-13-19(18)24(20(23)25)21(26)28-22(2,3)4/h6-13,15H,1,14H2,2-5H3/t23-/m1/s1. The van der Waals surface area contributed by atoms with Crippen LogP contribution >= 0.6 is 0 Å². The fourth-order valence-corrected chi connectivity index (χ4v) is 3.63. The topological polar surface area (TPSA) is 55.8 Å². The van der Waals surface area contributed by atoms with Gasteiger partial charge in [-0.05, 0) is 56.5 Å². The third-order valence-electron chi connectivity index (χ3n) is 4.76. The van der Waals surface area contributed by atoms with Crippen LogP contribution in [0.25, 0.3) is 0 Å². The Kier molecular flexibility index (Phi) is 5.02. The number of hydrogen-bond acceptors (Lipinski definition) is 4. The summed E-state index contributed by atoms with van der Waals surface area (Å²) in [5, 5.41) is 0. The lowest BCUT2D eigenvalue weighted by molar-refractivity contribution is -0.121. The molecule has 1 aliphatic rings. The molecule has 2 aromatic rings. The van der Waals surface area contributed by atoms with E-state index in [-0.39, 0.29) is 5.91 Å². The third kappa shape index (κ3) is 3.17. The second-order valence-electron chi connectivity index (χ2n) is 7.77. The van der Waals surface area contributed by atoms with Gasteiger partial charge in [-0.25, -0.2) is 9.69 Å². The molecule has 5 nitrogen and oxygen atoms in total. The van der Waals surface area contributed by atoms with Crippen LogP contribution in [0.5, 0.6) is 5.75 Å². The van der Waals surface area contributed by atoms with Crippen molar-refractivity contribution in [3.63, 3.8) is 0 Å². The van der Waals surface area contributed by atoms with Crippen molar-refractivity contribution in [2.24, 2.45) is 0 Å². The van der Waals surface area contributed by atoms with E-state index in [4.69, 9.17) is 9.47 Å². The Balaban J connectivity index is 2.22. The van der Waals surface area contributed by atoms with E-state index in [2.05, 4.69) is 6.58 Å². The highest BCUT2D eigenvalue weighted by molar-refractivity contribution is 6.22. The summed E-state index contributed by atoms with van der Waals surface area (Å²) in [5.74, 6) is 0.290. The van der Waals surface area contributed by atoms with Gasteiger partial charge in [0.05, 0.1) is 12.8 Å². The Morgan fingerprint density at radius 1 is 1.18 bits per heavy atom. The van der Waals surface area contributed by atoms with Crippen molar-refractivity contribution in [1.29, 1.82) is 0 Å². The van der Waals surface area contributed by atoms with E-state index in [0.717, 1.165) is 16.0 Å². The maximum absolute atomic E-state index is 13.7. The fourth-order valence-electron chi connectivity index (χ4n) is 3.63. The number of carbonyl (C=O) groups is 2. The number of methoxy groups -OCH3 is 1.